The number of rotatable bonds is 5. The van der Waals surface area contributed by atoms with Gasteiger partial charge in [0.05, 0.1) is 6.61 Å². The van der Waals surface area contributed by atoms with E-state index in [0.717, 1.165) is 19.0 Å². The molecule has 0 saturated carbocycles. The lowest BCUT2D eigenvalue weighted by molar-refractivity contribution is 0.151. The van der Waals surface area contributed by atoms with Crippen LogP contribution in [0.3, 0.4) is 0 Å². The van der Waals surface area contributed by atoms with Gasteiger partial charge in [0.15, 0.2) is 5.84 Å². The molecule has 1 aliphatic rings. The molecule has 0 radical (unpaired) electrons. The molecule has 0 aromatic heterocycles. The van der Waals surface area contributed by atoms with Crippen molar-refractivity contribution < 1.29 is 4.74 Å². The minimum absolute atomic E-state index is 0.565. The molecule has 1 aromatic carbocycles. The van der Waals surface area contributed by atoms with Crippen LogP contribution in [0.4, 0.5) is 0 Å². The molecule has 4 heteroatoms. The third-order valence-electron chi connectivity index (χ3n) is 2.56. The Kier molecular flexibility index (Phi) is 3.77. The lowest BCUT2D eigenvalue weighted by Gasteiger charge is -2.16. The van der Waals surface area contributed by atoms with Crippen LogP contribution < -0.4 is 5.43 Å². The van der Waals surface area contributed by atoms with E-state index in [2.05, 4.69) is 34.5 Å². The third kappa shape index (κ3) is 2.73. The van der Waals surface area contributed by atoms with E-state index in [0.29, 0.717) is 13.2 Å². The number of hydrogen-bond donors (Lipinski definition) is 1. The second-order valence-corrected chi connectivity index (χ2v) is 3.68. The van der Waals surface area contributed by atoms with Gasteiger partial charge in [-0.05, 0) is 12.5 Å². The van der Waals surface area contributed by atoms with E-state index in [1.54, 1.807) is 0 Å². The topological polar surface area (TPSA) is 36.9 Å². The maximum atomic E-state index is 5.62. The van der Waals surface area contributed by atoms with E-state index in [4.69, 9.17) is 4.74 Å². The lowest BCUT2D eigenvalue weighted by atomic mass is 10.2. The predicted octanol–water partition coefficient (Wildman–Crippen LogP) is 1.40. The molecule has 1 N–H and O–H groups in total. The van der Waals surface area contributed by atoms with Crippen LogP contribution in [0.25, 0.3) is 0 Å². The van der Waals surface area contributed by atoms with E-state index >= 15 is 0 Å². The van der Waals surface area contributed by atoms with E-state index in [1.165, 1.54) is 5.56 Å². The number of ether oxygens (including phenoxy) is 1. The molecule has 86 valence electrons. The van der Waals surface area contributed by atoms with Gasteiger partial charge in [-0.2, -0.15) is 5.10 Å². The number of hydrogen-bond acceptors (Lipinski definition) is 4. The van der Waals surface area contributed by atoms with Crippen LogP contribution in [0.15, 0.2) is 35.4 Å². The van der Waals surface area contributed by atoms with Crippen LogP contribution >= 0.6 is 0 Å². The van der Waals surface area contributed by atoms with Gasteiger partial charge in [0, 0.05) is 6.54 Å². The number of likely N-dealkylation sites (N-methyl/N-ethyl adjacent to an activating group) is 1. The fourth-order valence-corrected chi connectivity index (χ4v) is 1.63. The second kappa shape index (κ2) is 5.51. The van der Waals surface area contributed by atoms with Crippen molar-refractivity contribution in [1.82, 2.24) is 10.3 Å². The highest BCUT2D eigenvalue weighted by molar-refractivity contribution is 5.84. The fourth-order valence-electron chi connectivity index (χ4n) is 1.63. The molecule has 1 aromatic rings. The first kappa shape index (κ1) is 11.0. The zero-order valence-corrected chi connectivity index (χ0v) is 9.52. The second-order valence-electron chi connectivity index (χ2n) is 3.68. The van der Waals surface area contributed by atoms with Crippen molar-refractivity contribution in [3.8, 4) is 0 Å². The Morgan fingerprint density at radius 2 is 2.12 bits per heavy atom. The maximum Gasteiger partial charge on any atom is 0.152 e. The van der Waals surface area contributed by atoms with Gasteiger partial charge in [-0.25, -0.2) is 0 Å². The van der Waals surface area contributed by atoms with Gasteiger partial charge in [-0.1, -0.05) is 30.3 Å². The van der Waals surface area contributed by atoms with Crippen molar-refractivity contribution in [3.63, 3.8) is 0 Å². The zero-order chi connectivity index (χ0) is 11.2. The first-order chi connectivity index (χ1) is 7.90. The van der Waals surface area contributed by atoms with Crippen molar-refractivity contribution in [2.24, 2.45) is 5.10 Å². The minimum Gasteiger partial charge on any atom is -0.369 e. The maximum absolute atomic E-state index is 5.62. The monoisotopic (exact) mass is 219 g/mol. The molecule has 0 amide bonds. The van der Waals surface area contributed by atoms with Gasteiger partial charge in [0.1, 0.15) is 13.3 Å². The van der Waals surface area contributed by atoms with Crippen molar-refractivity contribution in [3.05, 3.63) is 35.9 Å². The Balaban J connectivity index is 1.76. The summed E-state index contributed by atoms with van der Waals surface area (Å²) in [6, 6.07) is 10.2. The van der Waals surface area contributed by atoms with Gasteiger partial charge >= 0.3 is 0 Å². The SMILES string of the molecule is CCN1CNN=C1COCc1ccccc1. The number of nitrogens with zero attached hydrogens (tertiary/aromatic N) is 2. The van der Waals surface area contributed by atoms with Crippen molar-refractivity contribution in [2.45, 2.75) is 13.5 Å². The molecule has 0 bridgehead atoms. The molecule has 16 heavy (non-hydrogen) atoms. The van der Waals surface area contributed by atoms with Gasteiger partial charge in [-0.15, -0.1) is 0 Å². The molecule has 1 heterocycles. The zero-order valence-electron chi connectivity index (χ0n) is 9.52. The smallest absolute Gasteiger partial charge is 0.152 e. The van der Waals surface area contributed by atoms with Crippen molar-refractivity contribution >= 4 is 5.84 Å². The summed E-state index contributed by atoms with van der Waals surface area (Å²) in [4.78, 5) is 2.16. The predicted molar refractivity (Wildman–Crippen MR) is 63.9 cm³/mol. The van der Waals surface area contributed by atoms with Crippen molar-refractivity contribution in [1.29, 1.82) is 0 Å². The number of amidine groups is 1. The minimum atomic E-state index is 0.565. The van der Waals surface area contributed by atoms with Gasteiger partial charge in [0.25, 0.3) is 0 Å². The molecule has 0 unspecified atom stereocenters. The first-order valence-electron chi connectivity index (χ1n) is 5.56. The summed E-state index contributed by atoms with van der Waals surface area (Å²) in [6.07, 6.45) is 0. The fraction of sp³-hybridized carbons (Fsp3) is 0.417. The van der Waals surface area contributed by atoms with Crippen LogP contribution in [0.1, 0.15) is 12.5 Å². The molecule has 2 rings (SSSR count). The van der Waals surface area contributed by atoms with Crippen LogP contribution in [-0.2, 0) is 11.3 Å². The number of nitrogens with one attached hydrogen (secondary N) is 1. The molecule has 0 atom stereocenters. The Hall–Kier alpha value is -1.55. The highest BCUT2D eigenvalue weighted by atomic mass is 16.5. The average molecular weight is 219 g/mol. The van der Waals surface area contributed by atoms with Crippen LogP contribution in [0.5, 0.6) is 0 Å². The first-order valence-corrected chi connectivity index (χ1v) is 5.56. The number of hydrazone groups is 1. The van der Waals surface area contributed by atoms with E-state index < -0.39 is 0 Å². The van der Waals surface area contributed by atoms with Gasteiger partial charge in [0.2, 0.25) is 0 Å². The Morgan fingerprint density at radius 1 is 1.31 bits per heavy atom. The summed E-state index contributed by atoms with van der Waals surface area (Å²) in [6.45, 7) is 5.06. The van der Waals surface area contributed by atoms with Crippen molar-refractivity contribution in [2.75, 3.05) is 19.8 Å². The van der Waals surface area contributed by atoms with Crippen LogP contribution in [0, 0.1) is 0 Å². The number of benzene rings is 1. The molecule has 0 aliphatic carbocycles. The average Bonchev–Trinajstić information content (AvgIpc) is 2.78. The quantitative estimate of drug-likeness (QED) is 0.813. The molecule has 4 nitrogen and oxygen atoms in total. The summed E-state index contributed by atoms with van der Waals surface area (Å²) in [5.74, 6) is 0.985. The molecule has 0 spiro atoms. The standard InChI is InChI=1S/C12H17N3O/c1-2-15-10-13-14-12(15)9-16-8-11-6-4-3-5-7-11/h3-7,13H,2,8-10H2,1H3. The summed E-state index contributed by atoms with van der Waals surface area (Å²) in [5, 5.41) is 4.19. The Bertz CT molecular complexity index is 351. The molecular formula is C12H17N3O. The van der Waals surface area contributed by atoms with Gasteiger partial charge < -0.3 is 9.64 Å². The van der Waals surface area contributed by atoms with E-state index in [-0.39, 0.29) is 0 Å². The van der Waals surface area contributed by atoms with E-state index in [1.807, 2.05) is 18.2 Å². The summed E-state index contributed by atoms with van der Waals surface area (Å²) < 4.78 is 5.62. The highest BCUT2D eigenvalue weighted by Crippen LogP contribution is 2.02. The largest absolute Gasteiger partial charge is 0.369 e. The highest BCUT2D eigenvalue weighted by Gasteiger charge is 2.14. The Morgan fingerprint density at radius 3 is 2.88 bits per heavy atom. The van der Waals surface area contributed by atoms with Gasteiger partial charge in [-0.3, -0.25) is 5.43 Å². The molecular weight excluding hydrogens is 202 g/mol. The van der Waals surface area contributed by atoms with Crippen LogP contribution in [-0.4, -0.2) is 30.6 Å². The Labute approximate surface area is 95.9 Å². The summed E-state index contributed by atoms with van der Waals surface area (Å²) >= 11 is 0. The van der Waals surface area contributed by atoms with Crippen LogP contribution in [0.2, 0.25) is 0 Å². The molecule has 0 fully saturated rings. The lowest BCUT2D eigenvalue weighted by Crippen LogP contribution is -2.31. The summed E-state index contributed by atoms with van der Waals surface area (Å²) in [7, 11) is 0. The third-order valence-corrected chi connectivity index (χ3v) is 2.56. The summed E-state index contributed by atoms with van der Waals surface area (Å²) in [5.41, 5.74) is 4.15. The van der Waals surface area contributed by atoms with E-state index in [9.17, 15) is 0 Å². The normalized spacial score (nSPS) is 14.8. The molecule has 1 aliphatic heterocycles. The molecule has 0 saturated heterocycles.